The van der Waals surface area contributed by atoms with Gasteiger partial charge in [-0.25, -0.2) is 4.57 Å². The summed E-state index contributed by atoms with van der Waals surface area (Å²) in [4.78, 5) is 33.4. The molecule has 0 rings (SSSR count). The van der Waals surface area contributed by atoms with E-state index in [1.807, 2.05) is 0 Å². The quantitative estimate of drug-likeness (QED) is 0.0456. The van der Waals surface area contributed by atoms with Gasteiger partial charge in [0, 0.05) is 12.8 Å². The Labute approximate surface area is 251 Å². The molecular formula is C31H51O10P. The lowest BCUT2D eigenvalue weighted by molar-refractivity contribution is -0.161. The first-order chi connectivity index (χ1) is 20.2. The monoisotopic (exact) mass is 614 g/mol. The van der Waals surface area contributed by atoms with E-state index < -0.39 is 51.8 Å². The van der Waals surface area contributed by atoms with Gasteiger partial charge in [-0.05, 0) is 51.4 Å². The molecule has 0 aliphatic rings. The van der Waals surface area contributed by atoms with Crippen LogP contribution in [-0.2, 0) is 32.7 Å². The summed E-state index contributed by atoms with van der Waals surface area (Å²) in [5.41, 5.74) is 0. The second-order valence-corrected chi connectivity index (χ2v) is 10.8. The minimum absolute atomic E-state index is 0.111. The SMILES string of the molecule is CC/C=C\C/C=C\C/C=C\C/C=C\C/C=C\CCCCCC(=O)OC(COC(=O)CC)COP(=O)(O)OCC(O)CO. The van der Waals surface area contributed by atoms with E-state index in [0.717, 1.165) is 51.4 Å². The van der Waals surface area contributed by atoms with Crippen LogP contribution in [0, 0.1) is 0 Å². The summed E-state index contributed by atoms with van der Waals surface area (Å²) in [5, 5.41) is 18.0. The van der Waals surface area contributed by atoms with Crippen LogP contribution in [0.25, 0.3) is 0 Å². The summed E-state index contributed by atoms with van der Waals surface area (Å²) in [6, 6.07) is 0. The molecule has 0 bridgehead atoms. The number of carbonyl (C=O) groups excluding carboxylic acids is 2. The van der Waals surface area contributed by atoms with Crippen molar-refractivity contribution in [3.63, 3.8) is 0 Å². The molecule has 42 heavy (non-hydrogen) atoms. The Hall–Kier alpha value is -2.33. The van der Waals surface area contributed by atoms with Gasteiger partial charge in [0.05, 0.1) is 19.8 Å². The van der Waals surface area contributed by atoms with Crippen molar-refractivity contribution in [3.8, 4) is 0 Å². The molecule has 0 aromatic heterocycles. The van der Waals surface area contributed by atoms with E-state index in [0.29, 0.717) is 6.42 Å². The first kappa shape index (κ1) is 39.7. The summed E-state index contributed by atoms with van der Waals surface area (Å²) < 4.78 is 31.6. The lowest BCUT2D eigenvalue weighted by atomic mass is 10.1. The van der Waals surface area contributed by atoms with E-state index in [2.05, 4.69) is 72.2 Å². The zero-order valence-electron chi connectivity index (χ0n) is 25.2. The maximum Gasteiger partial charge on any atom is 0.472 e. The minimum atomic E-state index is -4.59. The number of esters is 2. The van der Waals surface area contributed by atoms with Crippen molar-refractivity contribution in [3.05, 3.63) is 60.8 Å². The third-order valence-corrected chi connectivity index (χ3v) is 6.44. The average Bonchev–Trinajstić information content (AvgIpc) is 2.98. The summed E-state index contributed by atoms with van der Waals surface area (Å²) in [6.45, 7) is 1.54. The summed E-state index contributed by atoms with van der Waals surface area (Å²) in [6.07, 6.45) is 27.4. The van der Waals surface area contributed by atoms with Crippen molar-refractivity contribution in [1.29, 1.82) is 0 Å². The van der Waals surface area contributed by atoms with Crippen LogP contribution in [0.1, 0.15) is 84.5 Å². The molecule has 0 aromatic carbocycles. The maximum atomic E-state index is 12.3. The van der Waals surface area contributed by atoms with Crippen LogP contribution in [0.2, 0.25) is 0 Å². The molecule has 0 aromatic rings. The lowest BCUT2D eigenvalue weighted by Crippen LogP contribution is -2.29. The van der Waals surface area contributed by atoms with Gasteiger partial charge < -0.3 is 24.6 Å². The smallest absolute Gasteiger partial charge is 0.462 e. The fraction of sp³-hybridized carbons (Fsp3) is 0.613. The minimum Gasteiger partial charge on any atom is -0.462 e. The van der Waals surface area contributed by atoms with Gasteiger partial charge in [0.1, 0.15) is 12.7 Å². The summed E-state index contributed by atoms with van der Waals surface area (Å²) >= 11 is 0. The number of unbranched alkanes of at least 4 members (excludes halogenated alkanes) is 3. The van der Waals surface area contributed by atoms with E-state index in [1.54, 1.807) is 6.92 Å². The number of allylic oxidation sites excluding steroid dienone is 10. The van der Waals surface area contributed by atoms with Crippen LogP contribution in [-0.4, -0.2) is 65.7 Å². The van der Waals surface area contributed by atoms with Gasteiger partial charge in [-0.15, -0.1) is 0 Å². The molecule has 10 nitrogen and oxygen atoms in total. The summed E-state index contributed by atoms with van der Waals surface area (Å²) in [5.74, 6) is -1.07. The molecule has 0 saturated carbocycles. The number of aliphatic hydroxyl groups is 2. The molecule has 240 valence electrons. The van der Waals surface area contributed by atoms with Crippen LogP contribution in [0.5, 0.6) is 0 Å². The molecule has 0 fully saturated rings. The molecule has 0 amide bonds. The van der Waals surface area contributed by atoms with Crippen molar-refractivity contribution >= 4 is 19.8 Å². The fourth-order valence-corrected chi connectivity index (χ4v) is 3.96. The third-order valence-electron chi connectivity index (χ3n) is 5.49. The number of rotatable bonds is 26. The van der Waals surface area contributed by atoms with E-state index in [9.17, 15) is 24.2 Å². The third kappa shape index (κ3) is 26.6. The molecule has 0 aliphatic carbocycles. The predicted octanol–water partition coefficient (Wildman–Crippen LogP) is 6.04. The fourth-order valence-electron chi connectivity index (χ4n) is 3.17. The second kappa shape index (κ2) is 27.5. The number of carbonyl (C=O) groups is 2. The molecule has 0 radical (unpaired) electrons. The van der Waals surface area contributed by atoms with E-state index >= 15 is 0 Å². The number of hydrogen-bond acceptors (Lipinski definition) is 9. The zero-order chi connectivity index (χ0) is 31.3. The standard InChI is InChI=1S/C31H51O10P/c1-3-5-6-7-8-9-10-11-12-13-14-15-16-17-18-19-20-21-22-23-31(35)41-29(26-38-30(34)4-2)27-40-42(36,37)39-25-28(33)24-32/h5-6,8-9,11-12,14-15,17-18,28-29,32-33H,3-4,7,10,13,16,19-27H2,1-2H3,(H,36,37)/b6-5-,9-8-,12-11-,15-14-,18-17-. The predicted molar refractivity (Wildman–Crippen MR) is 163 cm³/mol. The number of phosphoric ester groups is 1. The molecule has 0 aliphatic heterocycles. The first-order valence-corrected chi connectivity index (χ1v) is 16.2. The van der Waals surface area contributed by atoms with Crippen molar-refractivity contribution < 1.29 is 47.8 Å². The Morgan fingerprint density at radius 3 is 1.83 bits per heavy atom. The highest BCUT2D eigenvalue weighted by atomic mass is 31.2. The number of phosphoric acid groups is 1. The van der Waals surface area contributed by atoms with Crippen molar-refractivity contribution in [2.45, 2.75) is 96.7 Å². The molecule has 11 heteroatoms. The van der Waals surface area contributed by atoms with Crippen molar-refractivity contribution in [2.24, 2.45) is 0 Å². The molecular weight excluding hydrogens is 563 g/mol. The Morgan fingerprint density at radius 2 is 1.29 bits per heavy atom. The van der Waals surface area contributed by atoms with E-state index in [-0.39, 0.29) is 19.4 Å². The van der Waals surface area contributed by atoms with Gasteiger partial charge in [0.2, 0.25) is 0 Å². The van der Waals surface area contributed by atoms with Crippen molar-refractivity contribution in [1.82, 2.24) is 0 Å². The van der Waals surface area contributed by atoms with E-state index in [1.165, 1.54) is 0 Å². The molecule has 3 N–H and O–H groups in total. The molecule has 0 spiro atoms. The molecule has 0 heterocycles. The van der Waals surface area contributed by atoms with Gasteiger partial charge in [0.25, 0.3) is 0 Å². The van der Waals surface area contributed by atoms with Crippen LogP contribution in [0.15, 0.2) is 60.8 Å². The van der Waals surface area contributed by atoms with Gasteiger partial charge in [-0.1, -0.05) is 81.0 Å². The highest BCUT2D eigenvalue weighted by molar-refractivity contribution is 7.47. The highest BCUT2D eigenvalue weighted by Crippen LogP contribution is 2.43. The van der Waals surface area contributed by atoms with Gasteiger partial charge in [-0.2, -0.15) is 0 Å². The lowest BCUT2D eigenvalue weighted by Gasteiger charge is -2.20. The van der Waals surface area contributed by atoms with E-state index in [4.69, 9.17) is 19.1 Å². The van der Waals surface area contributed by atoms with Gasteiger partial charge in [-0.3, -0.25) is 18.6 Å². The second-order valence-electron chi connectivity index (χ2n) is 9.35. The number of aliphatic hydroxyl groups excluding tert-OH is 2. The van der Waals surface area contributed by atoms with Gasteiger partial charge in [0.15, 0.2) is 6.10 Å². The van der Waals surface area contributed by atoms with Crippen LogP contribution >= 0.6 is 7.82 Å². The maximum absolute atomic E-state index is 12.3. The number of ether oxygens (including phenoxy) is 2. The highest BCUT2D eigenvalue weighted by Gasteiger charge is 2.27. The topological polar surface area (TPSA) is 149 Å². The Morgan fingerprint density at radius 1 is 0.738 bits per heavy atom. The van der Waals surface area contributed by atoms with Crippen LogP contribution in [0.3, 0.4) is 0 Å². The summed E-state index contributed by atoms with van der Waals surface area (Å²) in [7, 11) is -4.59. The zero-order valence-corrected chi connectivity index (χ0v) is 26.1. The van der Waals surface area contributed by atoms with Gasteiger partial charge >= 0.3 is 19.8 Å². The molecule has 0 saturated heterocycles. The average molecular weight is 615 g/mol. The Bertz CT molecular complexity index is 894. The Balaban J connectivity index is 4.16. The van der Waals surface area contributed by atoms with Crippen molar-refractivity contribution in [2.75, 3.05) is 26.4 Å². The largest absolute Gasteiger partial charge is 0.472 e. The van der Waals surface area contributed by atoms with Crippen LogP contribution in [0.4, 0.5) is 0 Å². The molecule has 3 atom stereocenters. The normalized spacial score (nSPS) is 15.3. The Kier molecular flexibility index (Phi) is 26.0. The first-order valence-electron chi connectivity index (χ1n) is 14.7. The van der Waals surface area contributed by atoms with Crippen LogP contribution < -0.4 is 0 Å². The molecule has 3 unspecified atom stereocenters. The number of hydrogen-bond donors (Lipinski definition) is 3.